The maximum Gasteiger partial charge on any atom is 0.262 e. The fourth-order valence-corrected chi connectivity index (χ4v) is 2.52. The van der Waals surface area contributed by atoms with E-state index in [9.17, 15) is 4.79 Å². The normalized spacial score (nSPS) is 14.2. The highest BCUT2D eigenvalue weighted by Gasteiger charge is 2.23. The van der Waals surface area contributed by atoms with Crippen LogP contribution in [-0.2, 0) is 4.79 Å². The lowest BCUT2D eigenvalue weighted by molar-refractivity contribution is -0.118. The minimum atomic E-state index is -0.365. The third-order valence-corrected chi connectivity index (χ3v) is 3.75. The molecule has 0 aromatic heterocycles. The van der Waals surface area contributed by atoms with Crippen LogP contribution in [0.1, 0.15) is 19.4 Å². The number of carbonyl (C=O) groups excluding carboxylic acids is 1. The molecule has 3 rings (SSSR count). The fraction of sp³-hybridized carbons (Fsp3) is 0.250. The first kappa shape index (κ1) is 16.9. The Bertz CT molecular complexity index is 797. The van der Waals surface area contributed by atoms with Crippen molar-refractivity contribution in [2.45, 2.75) is 19.4 Å². The number of benzene rings is 2. The lowest BCUT2D eigenvalue weighted by atomic mass is 10.0. The van der Waals surface area contributed by atoms with Crippen LogP contribution in [-0.4, -0.2) is 25.2 Å². The second-order valence-electron chi connectivity index (χ2n) is 6.28. The minimum Gasteiger partial charge on any atom is -0.493 e. The number of hydrogen-bond acceptors (Lipinski definition) is 4. The molecule has 2 aromatic carbocycles. The van der Waals surface area contributed by atoms with Crippen molar-refractivity contribution in [3.63, 3.8) is 0 Å². The molecule has 5 nitrogen and oxygen atoms in total. The first-order valence-corrected chi connectivity index (χ1v) is 8.05. The molecular formula is C20H21NO4. The summed E-state index contributed by atoms with van der Waals surface area (Å²) in [7, 11) is 1.56. The number of amides is 1. The fourth-order valence-electron chi connectivity index (χ4n) is 2.52. The van der Waals surface area contributed by atoms with Crippen molar-refractivity contribution in [3.8, 4) is 17.2 Å². The Balaban J connectivity index is 1.71. The van der Waals surface area contributed by atoms with Gasteiger partial charge in [0, 0.05) is 17.3 Å². The summed E-state index contributed by atoms with van der Waals surface area (Å²) in [5, 5.41) is 2.78. The molecule has 1 aliphatic rings. The lowest BCUT2D eigenvalue weighted by Crippen LogP contribution is -2.27. The van der Waals surface area contributed by atoms with E-state index in [1.165, 1.54) is 0 Å². The number of carbonyl (C=O) groups is 1. The molecule has 0 saturated carbocycles. The van der Waals surface area contributed by atoms with Crippen LogP contribution in [0.2, 0.25) is 0 Å². The molecule has 5 heteroatoms. The summed E-state index contributed by atoms with van der Waals surface area (Å²) in [4.78, 5) is 12.0. The Hall–Kier alpha value is -2.95. The Kier molecular flexibility index (Phi) is 4.65. The number of ether oxygens (including phenoxy) is 3. The summed E-state index contributed by atoms with van der Waals surface area (Å²) in [6.07, 6.45) is 3.96. The molecular weight excluding hydrogens is 318 g/mol. The van der Waals surface area contributed by atoms with E-state index in [1.807, 2.05) is 62.4 Å². The van der Waals surface area contributed by atoms with E-state index in [2.05, 4.69) is 5.32 Å². The molecule has 0 saturated heterocycles. The summed E-state index contributed by atoms with van der Waals surface area (Å²) >= 11 is 0. The molecule has 0 aliphatic carbocycles. The molecule has 0 atom stereocenters. The van der Waals surface area contributed by atoms with Crippen LogP contribution in [0.5, 0.6) is 17.2 Å². The number of nitrogens with one attached hydrogen (secondary N) is 1. The summed E-state index contributed by atoms with van der Waals surface area (Å²) in [6.45, 7) is 3.86. The van der Waals surface area contributed by atoms with Gasteiger partial charge in [0.25, 0.3) is 5.91 Å². The largest absolute Gasteiger partial charge is 0.493 e. The van der Waals surface area contributed by atoms with Gasteiger partial charge in [0.2, 0.25) is 0 Å². The zero-order chi connectivity index (χ0) is 17.9. The zero-order valence-electron chi connectivity index (χ0n) is 14.5. The van der Waals surface area contributed by atoms with Gasteiger partial charge in [-0.1, -0.05) is 24.3 Å². The van der Waals surface area contributed by atoms with Gasteiger partial charge in [-0.05, 0) is 38.1 Å². The molecule has 130 valence electrons. The lowest BCUT2D eigenvalue weighted by Gasteiger charge is -2.28. The smallest absolute Gasteiger partial charge is 0.262 e. The maximum absolute atomic E-state index is 12.0. The molecule has 0 spiro atoms. The third kappa shape index (κ3) is 4.12. The van der Waals surface area contributed by atoms with Crippen molar-refractivity contribution < 1.29 is 19.0 Å². The van der Waals surface area contributed by atoms with Crippen molar-refractivity contribution in [1.82, 2.24) is 0 Å². The third-order valence-electron chi connectivity index (χ3n) is 3.75. The Morgan fingerprint density at radius 1 is 1.16 bits per heavy atom. The second-order valence-corrected chi connectivity index (χ2v) is 6.28. The van der Waals surface area contributed by atoms with E-state index in [0.29, 0.717) is 11.5 Å². The number of para-hydroxylation sites is 1. The van der Waals surface area contributed by atoms with Crippen LogP contribution >= 0.6 is 0 Å². The number of fused-ring (bicyclic) bond motifs is 1. The van der Waals surface area contributed by atoms with Gasteiger partial charge in [-0.2, -0.15) is 0 Å². The van der Waals surface area contributed by atoms with Crippen LogP contribution in [0.4, 0.5) is 5.69 Å². The van der Waals surface area contributed by atoms with Crippen molar-refractivity contribution in [3.05, 3.63) is 54.1 Å². The molecule has 0 fully saturated rings. The van der Waals surface area contributed by atoms with Gasteiger partial charge in [-0.3, -0.25) is 4.79 Å². The summed E-state index contributed by atoms with van der Waals surface area (Å²) < 4.78 is 16.9. The van der Waals surface area contributed by atoms with Gasteiger partial charge < -0.3 is 19.5 Å². The Labute approximate surface area is 147 Å². The summed E-state index contributed by atoms with van der Waals surface area (Å²) in [6, 6.07) is 12.8. The quantitative estimate of drug-likeness (QED) is 0.898. The highest BCUT2D eigenvalue weighted by atomic mass is 16.5. The summed E-state index contributed by atoms with van der Waals surface area (Å²) in [5.41, 5.74) is 1.25. The average molecular weight is 339 g/mol. The SMILES string of the molecule is COc1cc2c(cc1OCC(=O)Nc1ccccc1)C=CC(C)(C)O2. The van der Waals surface area contributed by atoms with Crippen LogP contribution in [0.25, 0.3) is 6.08 Å². The molecule has 1 heterocycles. The second kappa shape index (κ2) is 6.89. The minimum absolute atomic E-state index is 0.111. The van der Waals surface area contributed by atoms with E-state index in [1.54, 1.807) is 13.2 Å². The van der Waals surface area contributed by atoms with Crippen LogP contribution in [0.15, 0.2) is 48.5 Å². The molecule has 2 aromatic rings. The van der Waals surface area contributed by atoms with E-state index in [-0.39, 0.29) is 18.1 Å². The van der Waals surface area contributed by atoms with E-state index in [4.69, 9.17) is 14.2 Å². The van der Waals surface area contributed by atoms with Crippen molar-refractivity contribution >= 4 is 17.7 Å². The predicted octanol–water partition coefficient (Wildman–Crippen LogP) is 3.90. The zero-order valence-corrected chi connectivity index (χ0v) is 14.5. The molecule has 1 amide bonds. The average Bonchev–Trinajstić information content (AvgIpc) is 2.59. The van der Waals surface area contributed by atoms with Gasteiger partial charge in [0.05, 0.1) is 7.11 Å². The van der Waals surface area contributed by atoms with E-state index >= 15 is 0 Å². The Morgan fingerprint density at radius 3 is 2.64 bits per heavy atom. The first-order valence-electron chi connectivity index (χ1n) is 8.05. The van der Waals surface area contributed by atoms with E-state index < -0.39 is 0 Å². The summed E-state index contributed by atoms with van der Waals surface area (Å²) in [5.74, 6) is 1.51. The highest BCUT2D eigenvalue weighted by molar-refractivity contribution is 5.91. The number of anilines is 1. The molecule has 1 aliphatic heterocycles. The molecule has 0 unspecified atom stereocenters. The number of rotatable bonds is 5. The highest BCUT2D eigenvalue weighted by Crippen LogP contribution is 2.39. The Morgan fingerprint density at radius 2 is 1.92 bits per heavy atom. The monoisotopic (exact) mass is 339 g/mol. The molecule has 1 N–H and O–H groups in total. The van der Waals surface area contributed by atoms with Crippen molar-refractivity contribution in [2.75, 3.05) is 19.0 Å². The van der Waals surface area contributed by atoms with Gasteiger partial charge in [-0.15, -0.1) is 0 Å². The molecule has 0 radical (unpaired) electrons. The van der Waals surface area contributed by atoms with Crippen LogP contribution < -0.4 is 19.5 Å². The topological polar surface area (TPSA) is 56.8 Å². The standard InChI is InChI=1S/C20H21NO4/c1-20(2)10-9-14-11-18(17(23-3)12-16(14)25-20)24-13-19(22)21-15-7-5-4-6-8-15/h4-12H,13H2,1-3H3,(H,21,22). The van der Waals surface area contributed by atoms with Gasteiger partial charge in [0.15, 0.2) is 18.1 Å². The number of hydrogen-bond donors (Lipinski definition) is 1. The van der Waals surface area contributed by atoms with Crippen LogP contribution in [0, 0.1) is 0 Å². The van der Waals surface area contributed by atoms with Gasteiger partial charge in [0.1, 0.15) is 11.4 Å². The first-order chi connectivity index (χ1) is 12.0. The van der Waals surface area contributed by atoms with E-state index in [0.717, 1.165) is 17.0 Å². The van der Waals surface area contributed by atoms with Crippen molar-refractivity contribution in [1.29, 1.82) is 0 Å². The number of methoxy groups -OCH3 is 1. The molecule has 25 heavy (non-hydrogen) atoms. The van der Waals surface area contributed by atoms with Crippen molar-refractivity contribution in [2.24, 2.45) is 0 Å². The molecule has 0 bridgehead atoms. The predicted molar refractivity (Wildman–Crippen MR) is 97.3 cm³/mol. The van der Waals surface area contributed by atoms with Gasteiger partial charge in [-0.25, -0.2) is 0 Å². The van der Waals surface area contributed by atoms with Crippen LogP contribution in [0.3, 0.4) is 0 Å². The maximum atomic E-state index is 12.0. The van der Waals surface area contributed by atoms with Gasteiger partial charge >= 0.3 is 0 Å².